The van der Waals surface area contributed by atoms with Gasteiger partial charge >= 0.3 is 0 Å². The van der Waals surface area contributed by atoms with Crippen molar-refractivity contribution in [1.82, 2.24) is 14.5 Å². The summed E-state index contributed by atoms with van der Waals surface area (Å²) in [6, 6.07) is 13.7. The molecular formula is C22H26N4O2. The van der Waals surface area contributed by atoms with E-state index in [4.69, 9.17) is 4.74 Å². The number of nitrogens with one attached hydrogen (secondary N) is 1. The molecule has 4 rings (SSSR count). The van der Waals surface area contributed by atoms with Crippen molar-refractivity contribution in [2.45, 2.75) is 26.9 Å². The molecular weight excluding hydrogens is 352 g/mol. The number of amides is 1. The molecule has 1 aliphatic heterocycles. The maximum atomic E-state index is 13.0. The number of fused-ring (bicyclic) bond motifs is 1. The minimum Gasteiger partial charge on any atom is -0.379 e. The number of rotatable bonds is 5. The monoisotopic (exact) mass is 378 g/mol. The van der Waals surface area contributed by atoms with Crippen LogP contribution in [0.2, 0.25) is 0 Å². The first-order chi connectivity index (χ1) is 13.7. The van der Waals surface area contributed by atoms with E-state index in [0.29, 0.717) is 5.56 Å². The second-order valence-electron chi connectivity index (χ2n) is 7.11. The van der Waals surface area contributed by atoms with Gasteiger partial charge in [-0.05, 0) is 43.7 Å². The third-order valence-corrected chi connectivity index (χ3v) is 5.27. The summed E-state index contributed by atoms with van der Waals surface area (Å²) in [5, 5.41) is 3.04. The molecule has 0 radical (unpaired) electrons. The largest absolute Gasteiger partial charge is 0.379 e. The van der Waals surface area contributed by atoms with Crippen molar-refractivity contribution in [2.24, 2.45) is 0 Å². The van der Waals surface area contributed by atoms with Gasteiger partial charge in [0.15, 0.2) is 0 Å². The molecule has 1 amide bonds. The highest BCUT2D eigenvalue weighted by Gasteiger charge is 2.16. The maximum Gasteiger partial charge on any atom is 0.255 e. The smallest absolute Gasteiger partial charge is 0.255 e. The molecule has 1 N–H and O–H groups in total. The number of ether oxygens (including phenoxy) is 1. The summed E-state index contributed by atoms with van der Waals surface area (Å²) in [4.78, 5) is 19.9. The van der Waals surface area contributed by atoms with Gasteiger partial charge in [0.25, 0.3) is 5.91 Å². The Labute approximate surface area is 165 Å². The van der Waals surface area contributed by atoms with Crippen LogP contribution in [-0.4, -0.2) is 46.7 Å². The van der Waals surface area contributed by atoms with Crippen LogP contribution in [0.5, 0.6) is 0 Å². The van der Waals surface area contributed by atoms with E-state index in [1.54, 1.807) is 0 Å². The summed E-state index contributed by atoms with van der Waals surface area (Å²) in [6.45, 7) is 9.03. The molecule has 0 saturated carbocycles. The molecule has 0 bridgehead atoms. The fourth-order valence-electron chi connectivity index (χ4n) is 3.81. The number of nitrogens with zero attached hydrogens (tertiary/aromatic N) is 3. The Balaban J connectivity index is 1.54. The van der Waals surface area contributed by atoms with E-state index in [1.807, 2.05) is 49.4 Å². The molecule has 2 heterocycles. The zero-order valence-electron chi connectivity index (χ0n) is 16.4. The molecule has 1 fully saturated rings. The Hall–Kier alpha value is -2.70. The number of benzene rings is 2. The highest BCUT2D eigenvalue weighted by atomic mass is 16.5. The molecule has 0 unspecified atom stereocenters. The number of aromatic nitrogens is 2. The lowest BCUT2D eigenvalue weighted by atomic mass is 10.1. The van der Waals surface area contributed by atoms with Gasteiger partial charge in [-0.3, -0.25) is 9.69 Å². The number of hydrogen-bond acceptors (Lipinski definition) is 4. The van der Waals surface area contributed by atoms with Crippen LogP contribution in [0.25, 0.3) is 11.0 Å². The Kier molecular flexibility index (Phi) is 5.41. The van der Waals surface area contributed by atoms with Gasteiger partial charge in [-0.1, -0.05) is 18.2 Å². The van der Waals surface area contributed by atoms with E-state index >= 15 is 0 Å². The van der Waals surface area contributed by atoms with E-state index in [2.05, 4.69) is 26.7 Å². The number of aryl methyl sites for hydroxylation is 2. The number of carbonyl (C=O) groups excluding carboxylic acids is 1. The molecule has 0 atom stereocenters. The van der Waals surface area contributed by atoms with Crippen LogP contribution in [0.1, 0.15) is 28.7 Å². The average molecular weight is 378 g/mol. The van der Waals surface area contributed by atoms with Gasteiger partial charge in [0, 0.05) is 37.4 Å². The van der Waals surface area contributed by atoms with Crippen molar-refractivity contribution >= 4 is 22.6 Å². The van der Waals surface area contributed by atoms with Crippen molar-refractivity contribution < 1.29 is 9.53 Å². The number of morpholine rings is 1. The lowest BCUT2D eigenvalue weighted by Gasteiger charge is -2.27. The van der Waals surface area contributed by atoms with Gasteiger partial charge in [0.1, 0.15) is 5.82 Å². The maximum absolute atomic E-state index is 13.0. The van der Waals surface area contributed by atoms with Crippen molar-refractivity contribution in [3.05, 3.63) is 59.4 Å². The molecule has 1 aliphatic rings. The highest BCUT2D eigenvalue weighted by Crippen LogP contribution is 2.22. The molecule has 0 aliphatic carbocycles. The van der Waals surface area contributed by atoms with E-state index in [9.17, 15) is 4.79 Å². The van der Waals surface area contributed by atoms with Gasteiger partial charge in [0.05, 0.1) is 24.2 Å². The molecule has 3 aromatic rings. The van der Waals surface area contributed by atoms with Crippen molar-refractivity contribution in [2.75, 3.05) is 31.6 Å². The predicted octanol–water partition coefficient (Wildman–Crippen LogP) is 3.45. The Bertz CT molecular complexity index is 989. The topological polar surface area (TPSA) is 59.4 Å². The zero-order valence-corrected chi connectivity index (χ0v) is 16.4. The van der Waals surface area contributed by atoms with E-state index < -0.39 is 0 Å². The summed E-state index contributed by atoms with van der Waals surface area (Å²) in [6.07, 6.45) is 0. The fraction of sp³-hybridized carbons (Fsp3) is 0.364. The van der Waals surface area contributed by atoms with Crippen molar-refractivity contribution in [1.29, 1.82) is 0 Å². The quantitative estimate of drug-likeness (QED) is 0.739. The van der Waals surface area contributed by atoms with Crippen LogP contribution in [0.15, 0.2) is 42.5 Å². The Morgan fingerprint density at radius 3 is 2.75 bits per heavy atom. The first kappa shape index (κ1) is 18.7. The first-order valence-corrected chi connectivity index (χ1v) is 9.82. The third kappa shape index (κ3) is 3.79. The molecule has 6 heteroatoms. The predicted molar refractivity (Wildman–Crippen MR) is 111 cm³/mol. The second-order valence-corrected chi connectivity index (χ2v) is 7.11. The lowest BCUT2D eigenvalue weighted by molar-refractivity contribution is 0.0341. The van der Waals surface area contributed by atoms with Crippen LogP contribution >= 0.6 is 0 Å². The standard InChI is InChI=1S/C22H26N4O2/c1-3-26-16(2)23-20-14-18(8-9-21(20)26)24-22(27)19-7-5-4-6-17(19)15-25-10-12-28-13-11-25/h4-9,14H,3,10-13,15H2,1-2H3,(H,24,27). The van der Waals surface area contributed by atoms with E-state index in [1.165, 1.54) is 0 Å². The van der Waals surface area contributed by atoms with Crippen LogP contribution in [-0.2, 0) is 17.8 Å². The van der Waals surface area contributed by atoms with Gasteiger partial charge in [-0.25, -0.2) is 4.98 Å². The van der Waals surface area contributed by atoms with Gasteiger partial charge in [-0.15, -0.1) is 0 Å². The second kappa shape index (κ2) is 8.12. The first-order valence-electron chi connectivity index (χ1n) is 9.82. The number of carbonyl (C=O) groups is 1. The van der Waals surface area contributed by atoms with Crippen molar-refractivity contribution in [3.63, 3.8) is 0 Å². The number of hydrogen-bond donors (Lipinski definition) is 1. The molecule has 1 saturated heterocycles. The SMILES string of the molecule is CCn1c(C)nc2cc(NC(=O)c3ccccc3CN3CCOCC3)ccc21. The minimum atomic E-state index is -0.0881. The van der Waals surface area contributed by atoms with E-state index in [-0.39, 0.29) is 5.91 Å². The summed E-state index contributed by atoms with van der Waals surface area (Å²) in [5.41, 5.74) is 4.50. The summed E-state index contributed by atoms with van der Waals surface area (Å²) in [7, 11) is 0. The Morgan fingerprint density at radius 2 is 1.96 bits per heavy atom. The summed E-state index contributed by atoms with van der Waals surface area (Å²) < 4.78 is 7.58. The molecule has 0 spiro atoms. The molecule has 1 aromatic heterocycles. The average Bonchev–Trinajstić information content (AvgIpc) is 3.03. The van der Waals surface area contributed by atoms with E-state index in [0.717, 1.165) is 67.5 Å². The van der Waals surface area contributed by atoms with Crippen LogP contribution < -0.4 is 5.32 Å². The summed E-state index contributed by atoms with van der Waals surface area (Å²) in [5.74, 6) is 0.895. The third-order valence-electron chi connectivity index (χ3n) is 5.27. The van der Waals surface area contributed by atoms with Crippen molar-refractivity contribution in [3.8, 4) is 0 Å². The van der Waals surface area contributed by atoms with Crippen LogP contribution in [0.4, 0.5) is 5.69 Å². The van der Waals surface area contributed by atoms with Gasteiger partial charge in [-0.2, -0.15) is 0 Å². The lowest BCUT2D eigenvalue weighted by Crippen LogP contribution is -2.36. The molecule has 6 nitrogen and oxygen atoms in total. The van der Waals surface area contributed by atoms with Crippen LogP contribution in [0.3, 0.4) is 0 Å². The fourth-order valence-corrected chi connectivity index (χ4v) is 3.81. The Morgan fingerprint density at radius 1 is 1.18 bits per heavy atom. The molecule has 28 heavy (non-hydrogen) atoms. The van der Waals surface area contributed by atoms with Gasteiger partial charge < -0.3 is 14.6 Å². The molecule has 2 aromatic carbocycles. The minimum absolute atomic E-state index is 0.0881. The molecule has 146 valence electrons. The highest BCUT2D eigenvalue weighted by molar-refractivity contribution is 6.06. The zero-order chi connectivity index (χ0) is 19.5. The van der Waals surface area contributed by atoms with Crippen LogP contribution in [0, 0.1) is 6.92 Å². The van der Waals surface area contributed by atoms with Gasteiger partial charge in [0.2, 0.25) is 0 Å². The number of anilines is 1. The number of imidazole rings is 1. The summed E-state index contributed by atoms with van der Waals surface area (Å²) >= 11 is 0. The normalized spacial score (nSPS) is 15.1.